The zero-order valence-corrected chi connectivity index (χ0v) is 11.4. The number of ether oxygens (including phenoxy) is 1. The highest BCUT2D eigenvalue weighted by atomic mass is 32.2. The van der Waals surface area contributed by atoms with Gasteiger partial charge in [-0.2, -0.15) is 11.8 Å². The molecule has 98 valence electrons. The number of hydrogen-bond donors (Lipinski definition) is 2. The van der Waals surface area contributed by atoms with Gasteiger partial charge >= 0.3 is 0 Å². The molecular weight excluding hydrogens is 238 g/mol. The SMILES string of the molecule is COCc1ccc(CNC(C)C(CO)SC)o1. The summed E-state index contributed by atoms with van der Waals surface area (Å²) >= 11 is 1.66. The number of aliphatic hydroxyl groups is 1. The third-order valence-corrected chi connectivity index (χ3v) is 3.81. The molecule has 1 aromatic heterocycles. The molecule has 0 radical (unpaired) electrons. The summed E-state index contributed by atoms with van der Waals surface area (Å²) in [6.07, 6.45) is 2.00. The monoisotopic (exact) mass is 259 g/mol. The van der Waals surface area contributed by atoms with Crippen LogP contribution in [-0.2, 0) is 17.9 Å². The Labute approximate surface area is 107 Å². The minimum atomic E-state index is 0.183. The van der Waals surface area contributed by atoms with E-state index < -0.39 is 0 Å². The van der Waals surface area contributed by atoms with Crippen LogP contribution in [0.3, 0.4) is 0 Å². The van der Waals surface area contributed by atoms with E-state index in [0.29, 0.717) is 13.2 Å². The van der Waals surface area contributed by atoms with Crippen LogP contribution >= 0.6 is 11.8 Å². The van der Waals surface area contributed by atoms with Crippen LogP contribution in [0.4, 0.5) is 0 Å². The van der Waals surface area contributed by atoms with Gasteiger partial charge in [-0.1, -0.05) is 0 Å². The molecule has 0 bridgehead atoms. The molecule has 0 aliphatic carbocycles. The molecule has 1 aromatic rings. The van der Waals surface area contributed by atoms with Crippen molar-refractivity contribution in [3.05, 3.63) is 23.7 Å². The molecule has 2 atom stereocenters. The molecule has 0 saturated carbocycles. The van der Waals surface area contributed by atoms with Crippen LogP contribution in [0, 0.1) is 0 Å². The van der Waals surface area contributed by atoms with E-state index >= 15 is 0 Å². The Kier molecular flexibility index (Phi) is 6.65. The van der Waals surface area contributed by atoms with Crippen molar-refractivity contribution in [2.75, 3.05) is 20.0 Å². The lowest BCUT2D eigenvalue weighted by atomic mass is 10.2. The van der Waals surface area contributed by atoms with Crippen LogP contribution in [0.1, 0.15) is 18.4 Å². The number of thioether (sulfide) groups is 1. The molecule has 5 heteroatoms. The van der Waals surface area contributed by atoms with Gasteiger partial charge in [-0.05, 0) is 25.3 Å². The second kappa shape index (κ2) is 7.76. The van der Waals surface area contributed by atoms with Crippen LogP contribution in [0.25, 0.3) is 0 Å². The Balaban J connectivity index is 2.38. The van der Waals surface area contributed by atoms with Crippen LogP contribution < -0.4 is 5.32 Å². The zero-order chi connectivity index (χ0) is 12.7. The maximum atomic E-state index is 9.17. The Morgan fingerprint density at radius 1 is 1.47 bits per heavy atom. The van der Waals surface area contributed by atoms with Crippen LogP contribution in [0.2, 0.25) is 0 Å². The molecule has 0 aliphatic heterocycles. The fourth-order valence-electron chi connectivity index (χ4n) is 1.57. The van der Waals surface area contributed by atoms with E-state index in [0.717, 1.165) is 11.5 Å². The molecule has 2 unspecified atom stereocenters. The van der Waals surface area contributed by atoms with Crippen molar-refractivity contribution in [2.45, 2.75) is 31.4 Å². The van der Waals surface area contributed by atoms with Gasteiger partial charge in [0, 0.05) is 18.4 Å². The van der Waals surface area contributed by atoms with Crippen molar-refractivity contribution < 1.29 is 14.3 Å². The molecule has 2 N–H and O–H groups in total. The Bertz CT molecular complexity index is 312. The molecule has 17 heavy (non-hydrogen) atoms. The zero-order valence-electron chi connectivity index (χ0n) is 10.6. The van der Waals surface area contributed by atoms with E-state index in [4.69, 9.17) is 14.3 Å². The highest BCUT2D eigenvalue weighted by Gasteiger charge is 2.14. The number of nitrogens with one attached hydrogen (secondary N) is 1. The standard InChI is InChI=1S/C12H21NO3S/c1-9(12(7-14)17-3)13-6-10-4-5-11(16-10)8-15-2/h4-5,9,12-14H,6-8H2,1-3H3. The Hall–Kier alpha value is -0.490. The summed E-state index contributed by atoms with van der Waals surface area (Å²) in [4.78, 5) is 0. The maximum Gasteiger partial charge on any atom is 0.129 e. The molecule has 4 nitrogen and oxygen atoms in total. The van der Waals surface area contributed by atoms with Crippen LogP contribution in [0.15, 0.2) is 16.5 Å². The summed E-state index contributed by atoms with van der Waals surface area (Å²) in [5, 5.41) is 12.7. The topological polar surface area (TPSA) is 54.6 Å². The summed E-state index contributed by atoms with van der Waals surface area (Å²) in [6, 6.07) is 4.11. The van der Waals surface area contributed by atoms with Crippen molar-refractivity contribution >= 4 is 11.8 Å². The van der Waals surface area contributed by atoms with Crippen molar-refractivity contribution in [1.82, 2.24) is 5.32 Å². The molecule has 0 spiro atoms. The largest absolute Gasteiger partial charge is 0.462 e. The van der Waals surface area contributed by atoms with Gasteiger partial charge in [-0.25, -0.2) is 0 Å². The highest BCUT2D eigenvalue weighted by molar-refractivity contribution is 7.99. The smallest absolute Gasteiger partial charge is 0.129 e. The van der Waals surface area contributed by atoms with E-state index in [-0.39, 0.29) is 17.9 Å². The molecule has 0 aromatic carbocycles. The lowest BCUT2D eigenvalue weighted by molar-refractivity contribution is 0.162. The number of rotatable bonds is 8. The van der Waals surface area contributed by atoms with E-state index in [1.807, 2.05) is 18.4 Å². The van der Waals surface area contributed by atoms with Crippen molar-refractivity contribution in [1.29, 1.82) is 0 Å². The number of furan rings is 1. The third kappa shape index (κ3) is 4.71. The van der Waals surface area contributed by atoms with Gasteiger partial charge < -0.3 is 19.6 Å². The number of aliphatic hydroxyl groups excluding tert-OH is 1. The Morgan fingerprint density at radius 2 is 2.18 bits per heavy atom. The minimum absolute atomic E-state index is 0.183. The fourth-order valence-corrected chi connectivity index (χ4v) is 2.22. The predicted molar refractivity (Wildman–Crippen MR) is 70.1 cm³/mol. The number of hydrogen-bond acceptors (Lipinski definition) is 5. The summed E-state index contributed by atoms with van der Waals surface area (Å²) in [6.45, 7) is 3.42. The van der Waals surface area contributed by atoms with Crippen molar-refractivity contribution in [3.8, 4) is 0 Å². The normalized spacial score (nSPS) is 14.8. The predicted octanol–water partition coefficient (Wildman–Crippen LogP) is 1.63. The molecule has 1 rings (SSSR count). The average molecular weight is 259 g/mol. The molecule has 0 saturated heterocycles. The van der Waals surface area contributed by atoms with Crippen molar-refractivity contribution in [2.24, 2.45) is 0 Å². The van der Waals surface area contributed by atoms with Gasteiger partial charge in [0.1, 0.15) is 18.1 Å². The summed E-state index contributed by atoms with van der Waals surface area (Å²) in [5.74, 6) is 1.72. The average Bonchev–Trinajstić information content (AvgIpc) is 2.76. The Morgan fingerprint density at radius 3 is 2.76 bits per heavy atom. The van der Waals surface area contributed by atoms with Gasteiger partial charge in [-0.15, -0.1) is 0 Å². The summed E-state index contributed by atoms with van der Waals surface area (Å²) < 4.78 is 10.6. The lowest BCUT2D eigenvalue weighted by Gasteiger charge is -2.20. The first-order valence-corrected chi connectivity index (χ1v) is 6.93. The third-order valence-electron chi connectivity index (χ3n) is 2.64. The summed E-state index contributed by atoms with van der Waals surface area (Å²) in [7, 11) is 1.65. The van der Waals surface area contributed by atoms with Gasteiger partial charge in [0.25, 0.3) is 0 Å². The van der Waals surface area contributed by atoms with Gasteiger partial charge in [0.2, 0.25) is 0 Å². The first kappa shape index (κ1) is 14.6. The first-order chi connectivity index (χ1) is 8.21. The fraction of sp³-hybridized carbons (Fsp3) is 0.667. The van der Waals surface area contributed by atoms with E-state index in [1.54, 1.807) is 18.9 Å². The molecule has 0 amide bonds. The highest BCUT2D eigenvalue weighted by Crippen LogP contribution is 2.12. The van der Waals surface area contributed by atoms with Crippen molar-refractivity contribution in [3.63, 3.8) is 0 Å². The second-order valence-corrected chi connectivity index (χ2v) is 5.00. The van der Waals surface area contributed by atoms with Crippen LogP contribution in [-0.4, -0.2) is 36.4 Å². The minimum Gasteiger partial charge on any atom is -0.462 e. The van der Waals surface area contributed by atoms with Crippen LogP contribution in [0.5, 0.6) is 0 Å². The van der Waals surface area contributed by atoms with E-state index in [1.165, 1.54) is 0 Å². The second-order valence-electron chi connectivity index (χ2n) is 3.93. The molecular formula is C12H21NO3S. The van der Waals surface area contributed by atoms with E-state index in [9.17, 15) is 0 Å². The molecule has 1 heterocycles. The molecule has 0 fully saturated rings. The lowest BCUT2D eigenvalue weighted by Crippen LogP contribution is -2.36. The van der Waals surface area contributed by atoms with E-state index in [2.05, 4.69) is 12.2 Å². The quantitative estimate of drug-likeness (QED) is 0.743. The first-order valence-electron chi connectivity index (χ1n) is 5.64. The van der Waals surface area contributed by atoms with Gasteiger partial charge in [0.15, 0.2) is 0 Å². The molecule has 0 aliphatic rings. The number of methoxy groups -OCH3 is 1. The summed E-state index contributed by atoms with van der Waals surface area (Å²) in [5.41, 5.74) is 0. The maximum absolute atomic E-state index is 9.17. The van der Waals surface area contributed by atoms with Gasteiger partial charge in [0.05, 0.1) is 13.2 Å². The van der Waals surface area contributed by atoms with Gasteiger partial charge in [-0.3, -0.25) is 0 Å².